The van der Waals surface area contributed by atoms with Gasteiger partial charge in [-0.3, -0.25) is 4.99 Å². The van der Waals surface area contributed by atoms with Crippen LogP contribution in [-0.4, -0.2) is 10.5 Å². The quantitative estimate of drug-likeness (QED) is 0.329. The highest BCUT2D eigenvalue weighted by Crippen LogP contribution is 2.26. The molecule has 29 heavy (non-hydrogen) atoms. The summed E-state index contributed by atoms with van der Waals surface area (Å²) < 4.78 is 4.35. The molecule has 6 heteroatoms. The van der Waals surface area contributed by atoms with Crippen LogP contribution in [0.5, 0.6) is 0 Å². The van der Waals surface area contributed by atoms with E-state index in [4.69, 9.17) is 11.6 Å². The van der Waals surface area contributed by atoms with E-state index in [2.05, 4.69) is 29.6 Å². The second-order valence-electron chi connectivity index (χ2n) is 7.57. The van der Waals surface area contributed by atoms with Crippen LogP contribution in [0.2, 0.25) is 5.02 Å². The number of nitrogens with zero attached hydrogens (tertiary/aromatic N) is 3. The summed E-state index contributed by atoms with van der Waals surface area (Å²) in [6.45, 7) is 5.54. The summed E-state index contributed by atoms with van der Waals surface area (Å²) >= 11 is 6.03. The summed E-state index contributed by atoms with van der Waals surface area (Å²) in [5.41, 5.74) is 4.20. The molecule has 1 aliphatic heterocycles. The number of hydrogen-bond donors (Lipinski definition) is 0. The molecule has 0 atom stereocenters. The Labute approximate surface area is 182 Å². The fourth-order valence-electron chi connectivity index (χ4n) is 3.76. The van der Waals surface area contributed by atoms with Crippen molar-refractivity contribution < 1.29 is 9.67 Å². The first-order valence-electron chi connectivity index (χ1n) is 9.73. The van der Waals surface area contributed by atoms with Crippen LogP contribution in [0.1, 0.15) is 37.6 Å². The van der Waals surface area contributed by atoms with Crippen molar-refractivity contribution in [3.8, 4) is 11.3 Å². The van der Waals surface area contributed by atoms with Crippen LogP contribution in [0.3, 0.4) is 0 Å². The second-order valence-corrected chi connectivity index (χ2v) is 8.01. The Kier molecular flexibility index (Phi) is 6.66. The van der Waals surface area contributed by atoms with Crippen molar-refractivity contribution in [2.24, 2.45) is 4.99 Å². The Hall–Kier alpha value is -2.30. The maximum atomic E-state index is 12.6. The molecule has 4 nitrogen and oxygen atoms in total. The summed E-state index contributed by atoms with van der Waals surface area (Å²) in [5, 5.41) is 13.3. The van der Waals surface area contributed by atoms with Crippen molar-refractivity contribution in [1.29, 1.82) is 0 Å². The fraction of sp³-hybridized carbons (Fsp3) is 0.304. The summed E-state index contributed by atoms with van der Waals surface area (Å²) in [5.74, 6) is 1.52. The molecule has 0 unspecified atom stereocenters. The van der Waals surface area contributed by atoms with E-state index in [1.54, 1.807) is 0 Å². The summed E-state index contributed by atoms with van der Waals surface area (Å²) in [6.07, 6.45) is 4.13. The Balaban J connectivity index is 0.00000240. The second kappa shape index (κ2) is 9.02. The lowest BCUT2D eigenvalue weighted by molar-refractivity contribution is -0.693. The molecule has 2 heterocycles. The van der Waals surface area contributed by atoms with E-state index in [-0.39, 0.29) is 24.8 Å². The number of aromatic nitrogens is 2. The SMILES string of the molecule is CC(C)c1ccc(N=C([O-])C[n+]2cc(-c3ccc(Cl)cc3)n3c2CCC3)cc1.Cl. The minimum Gasteiger partial charge on any atom is -0.859 e. The van der Waals surface area contributed by atoms with E-state index in [1.807, 2.05) is 53.1 Å². The first-order chi connectivity index (χ1) is 13.5. The normalized spacial score (nSPS) is 13.4. The highest BCUT2D eigenvalue weighted by atomic mass is 35.5. The van der Waals surface area contributed by atoms with Crippen molar-refractivity contribution in [3.63, 3.8) is 0 Å². The van der Waals surface area contributed by atoms with Crippen LogP contribution in [-0.2, 0) is 19.5 Å². The summed E-state index contributed by atoms with van der Waals surface area (Å²) in [4.78, 5) is 4.29. The van der Waals surface area contributed by atoms with E-state index >= 15 is 0 Å². The Morgan fingerprint density at radius 1 is 1.14 bits per heavy atom. The molecule has 2 aromatic carbocycles. The smallest absolute Gasteiger partial charge is 0.257 e. The van der Waals surface area contributed by atoms with Gasteiger partial charge in [0.1, 0.15) is 12.7 Å². The van der Waals surface area contributed by atoms with Crippen LogP contribution in [0.15, 0.2) is 59.7 Å². The van der Waals surface area contributed by atoms with Gasteiger partial charge in [-0.05, 0) is 54.3 Å². The van der Waals surface area contributed by atoms with Gasteiger partial charge in [-0.1, -0.05) is 37.6 Å². The lowest BCUT2D eigenvalue weighted by Gasteiger charge is -2.10. The molecule has 0 saturated carbocycles. The third kappa shape index (κ3) is 4.65. The molecule has 0 radical (unpaired) electrons. The van der Waals surface area contributed by atoms with E-state index in [9.17, 15) is 5.11 Å². The summed E-state index contributed by atoms with van der Waals surface area (Å²) in [7, 11) is 0. The standard InChI is InChI=1S/C23H24ClN3O.ClH/c1-16(2)17-7-11-20(12-8-17)25-22(28)15-26-14-21(27-13-3-4-23(26)27)18-5-9-19(24)10-6-18;/h5-12,14,16H,3-4,13,15H2,1-2H3;1H. The molecule has 0 N–H and O–H groups in total. The maximum absolute atomic E-state index is 12.6. The topological polar surface area (TPSA) is 44.2 Å². The van der Waals surface area contributed by atoms with Gasteiger partial charge in [-0.2, -0.15) is 0 Å². The molecule has 0 spiro atoms. The molecule has 152 valence electrons. The first kappa shape index (κ1) is 21.4. The van der Waals surface area contributed by atoms with Crippen molar-refractivity contribution in [1.82, 2.24) is 4.57 Å². The van der Waals surface area contributed by atoms with Crippen molar-refractivity contribution in [3.05, 3.63) is 71.1 Å². The monoisotopic (exact) mass is 429 g/mol. The Morgan fingerprint density at radius 3 is 2.48 bits per heavy atom. The van der Waals surface area contributed by atoms with Gasteiger partial charge in [-0.15, -0.1) is 12.4 Å². The van der Waals surface area contributed by atoms with E-state index in [0.717, 1.165) is 35.7 Å². The van der Waals surface area contributed by atoms with Crippen molar-refractivity contribution in [2.75, 3.05) is 0 Å². The van der Waals surface area contributed by atoms with E-state index in [0.29, 0.717) is 11.6 Å². The first-order valence-corrected chi connectivity index (χ1v) is 10.1. The van der Waals surface area contributed by atoms with Crippen LogP contribution in [0, 0.1) is 0 Å². The van der Waals surface area contributed by atoms with Crippen LogP contribution in [0.4, 0.5) is 5.69 Å². The van der Waals surface area contributed by atoms with E-state index < -0.39 is 0 Å². The lowest BCUT2D eigenvalue weighted by Crippen LogP contribution is -2.43. The van der Waals surface area contributed by atoms with Gasteiger partial charge in [-0.25, -0.2) is 9.13 Å². The predicted octanol–water partition coefficient (Wildman–Crippen LogP) is 4.68. The molecule has 0 bridgehead atoms. The van der Waals surface area contributed by atoms with Crippen LogP contribution >= 0.6 is 24.0 Å². The number of hydrogen-bond acceptors (Lipinski definition) is 2. The third-order valence-corrected chi connectivity index (χ3v) is 5.51. The van der Waals surface area contributed by atoms with Crippen molar-refractivity contribution >= 4 is 35.6 Å². The molecule has 1 aliphatic rings. The van der Waals surface area contributed by atoms with Gasteiger partial charge in [0.05, 0.1) is 18.7 Å². The molecular weight excluding hydrogens is 405 g/mol. The van der Waals surface area contributed by atoms with Gasteiger partial charge in [0.2, 0.25) is 0 Å². The molecule has 4 rings (SSSR count). The van der Waals surface area contributed by atoms with Crippen LogP contribution in [0.25, 0.3) is 11.3 Å². The zero-order chi connectivity index (χ0) is 19.7. The number of fused-ring (bicyclic) bond motifs is 1. The number of benzene rings is 2. The van der Waals surface area contributed by atoms with Crippen molar-refractivity contribution in [2.45, 2.75) is 45.7 Å². The number of rotatable bonds is 5. The minimum atomic E-state index is -0.134. The van der Waals surface area contributed by atoms with Gasteiger partial charge in [0.15, 0.2) is 5.69 Å². The number of halogens is 2. The van der Waals surface area contributed by atoms with E-state index in [1.165, 1.54) is 11.4 Å². The average Bonchev–Trinajstić information content (AvgIpc) is 3.27. The minimum absolute atomic E-state index is 0. The molecule has 1 aromatic heterocycles. The average molecular weight is 430 g/mol. The van der Waals surface area contributed by atoms with Crippen LogP contribution < -0.4 is 9.67 Å². The predicted molar refractivity (Wildman–Crippen MR) is 118 cm³/mol. The molecule has 0 saturated heterocycles. The van der Waals surface area contributed by atoms with Gasteiger partial charge < -0.3 is 5.11 Å². The van der Waals surface area contributed by atoms with Gasteiger partial charge in [0, 0.05) is 16.5 Å². The molecule has 3 aromatic rings. The number of imidazole rings is 1. The summed E-state index contributed by atoms with van der Waals surface area (Å²) in [6, 6.07) is 15.8. The highest BCUT2D eigenvalue weighted by molar-refractivity contribution is 6.30. The third-order valence-electron chi connectivity index (χ3n) is 5.25. The fourth-order valence-corrected chi connectivity index (χ4v) is 3.88. The Bertz CT molecular complexity index is 1010. The van der Waals surface area contributed by atoms with Gasteiger partial charge in [0.25, 0.3) is 5.82 Å². The number of aliphatic imine (C=N–C) groups is 1. The highest BCUT2D eigenvalue weighted by Gasteiger charge is 2.28. The zero-order valence-electron chi connectivity index (χ0n) is 16.6. The Morgan fingerprint density at radius 2 is 1.83 bits per heavy atom. The molecule has 0 fully saturated rings. The molecule has 0 aliphatic carbocycles. The molecule has 0 amide bonds. The zero-order valence-corrected chi connectivity index (χ0v) is 18.2. The molecular formula is C23H25Cl2N3O. The van der Waals surface area contributed by atoms with Gasteiger partial charge >= 0.3 is 0 Å². The largest absolute Gasteiger partial charge is 0.859 e. The maximum Gasteiger partial charge on any atom is 0.257 e. The lowest BCUT2D eigenvalue weighted by atomic mass is 10.0.